The van der Waals surface area contributed by atoms with E-state index in [9.17, 15) is 8.78 Å². The van der Waals surface area contributed by atoms with E-state index in [0.717, 1.165) is 36.0 Å². The van der Waals surface area contributed by atoms with Crippen molar-refractivity contribution < 1.29 is 8.78 Å². The standard InChI is InChI=1S/C22H28F2/c1-21(2,3)15-18-10-9-17(12-20(18)24)14-22(4,5)13-16-7-6-8-19(23)11-16/h6-12H,13-15H2,1-5H3. The van der Waals surface area contributed by atoms with Gasteiger partial charge in [-0.05, 0) is 65.0 Å². The first kappa shape index (κ1) is 18.6. The monoisotopic (exact) mass is 330 g/mol. The van der Waals surface area contributed by atoms with Crippen LogP contribution >= 0.6 is 0 Å². The maximum absolute atomic E-state index is 14.4. The zero-order valence-electron chi connectivity index (χ0n) is 15.4. The van der Waals surface area contributed by atoms with Gasteiger partial charge in [-0.2, -0.15) is 0 Å². The lowest BCUT2D eigenvalue weighted by molar-refractivity contribution is 0.359. The van der Waals surface area contributed by atoms with Crippen LogP contribution < -0.4 is 0 Å². The van der Waals surface area contributed by atoms with Crippen LogP contribution in [0.15, 0.2) is 42.5 Å². The van der Waals surface area contributed by atoms with E-state index in [1.54, 1.807) is 18.2 Å². The van der Waals surface area contributed by atoms with Crippen molar-refractivity contribution in [1.29, 1.82) is 0 Å². The topological polar surface area (TPSA) is 0 Å². The summed E-state index contributed by atoms with van der Waals surface area (Å²) < 4.78 is 27.7. The highest BCUT2D eigenvalue weighted by atomic mass is 19.1. The molecule has 0 radical (unpaired) electrons. The molecule has 0 aliphatic heterocycles. The fraction of sp³-hybridized carbons (Fsp3) is 0.455. The van der Waals surface area contributed by atoms with Crippen molar-refractivity contribution in [3.05, 3.63) is 70.8 Å². The van der Waals surface area contributed by atoms with Crippen molar-refractivity contribution >= 4 is 0 Å². The lowest BCUT2D eigenvalue weighted by Gasteiger charge is -2.25. The summed E-state index contributed by atoms with van der Waals surface area (Å²) in [4.78, 5) is 0. The first-order valence-electron chi connectivity index (χ1n) is 8.56. The molecule has 0 bridgehead atoms. The molecule has 0 saturated heterocycles. The van der Waals surface area contributed by atoms with Crippen LogP contribution in [-0.2, 0) is 19.3 Å². The second-order valence-electron chi connectivity index (χ2n) is 8.81. The Morgan fingerprint density at radius 3 is 1.92 bits per heavy atom. The minimum Gasteiger partial charge on any atom is -0.207 e. The Bertz CT molecular complexity index is 693. The van der Waals surface area contributed by atoms with Crippen LogP contribution in [0.25, 0.3) is 0 Å². The van der Waals surface area contributed by atoms with E-state index >= 15 is 0 Å². The Kier molecular flexibility index (Phi) is 5.47. The van der Waals surface area contributed by atoms with Crippen LogP contribution in [0.4, 0.5) is 8.78 Å². The molecule has 2 heteroatoms. The van der Waals surface area contributed by atoms with Gasteiger partial charge in [0.25, 0.3) is 0 Å². The molecule has 24 heavy (non-hydrogen) atoms. The summed E-state index contributed by atoms with van der Waals surface area (Å²) in [6.45, 7) is 10.6. The predicted octanol–water partition coefficient (Wildman–Crippen LogP) is 6.36. The average Bonchev–Trinajstić information content (AvgIpc) is 2.39. The molecular weight excluding hydrogens is 302 g/mol. The van der Waals surface area contributed by atoms with Gasteiger partial charge in [0.2, 0.25) is 0 Å². The normalized spacial score (nSPS) is 12.5. The van der Waals surface area contributed by atoms with E-state index in [-0.39, 0.29) is 22.5 Å². The van der Waals surface area contributed by atoms with Gasteiger partial charge in [-0.25, -0.2) is 8.78 Å². The Hall–Kier alpha value is -1.70. The molecule has 2 aromatic carbocycles. The molecule has 0 saturated carbocycles. The number of rotatable bonds is 5. The van der Waals surface area contributed by atoms with Gasteiger partial charge >= 0.3 is 0 Å². The molecule has 0 nitrogen and oxygen atoms in total. The fourth-order valence-corrected chi connectivity index (χ4v) is 3.23. The van der Waals surface area contributed by atoms with Gasteiger partial charge in [-0.3, -0.25) is 0 Å². The largest absolute Gasteiger partial charge is 0.207 e. The average molecular weight is 330 g/mol. The van der Waals surface area contributed by atoms with Gasteiger partial charge in [0.1, 0.15) is 11.6 Å². The van der Waals surface area contributed by atoms with Crippen LogP contribution in [0.1, 0.15) is 51.3 Å². The molecule has 0 N–H and O–H groups in total. The highest BCUT2D eigenvalue weighted by Gasteiger charge is 2.21. The molecule has 0 unspecified atom stereocenters. The maximum atomic E-state index is 14.4. The zero-order chi connectivity index (χ0) is 18.0. The molecule has 0 aromatic heterocycles. The van der Waals surface area contributed by atoms with E-state index < -0.39 is 0 Å². The first-order valence-corrected chi connectivity index (χ1v) is 8.56. The van der Waals surface area contributed by atoms with Gasteiger partial charge in [0, 0.05) is 0 Å². The second kappa shape index (κ2) is 7.04. The van der Waals surface area contributed by atoms with Gasteiger partial charge in [0.15, 0.2) is 0 Å². The molecule has 2 rings (SSSR count). The molecule has 0 atom stereocenters. The fourth-order valence-electron chi connectivity index (χ4n) is 3.23. The van der Waals surface area contributed by atoms with Crippen molar-refractivity contribution in [3.63, 3.8) is 0 Å². The van der Waals surface area contributed by atoms with Gasteiger partial charge < -0.3 is 0 Å². The molecule has 0 spiro atoms. The Labute approximate surface area is 144 Å². The molecule has 0 amide bonds. The number of benzene rings is 2. The smallest absolute Gasteiger partial charge is 0.126 e. The lowest BCUT2D eigenvalue weighted by atomic mass is 9.79. The third-order valence-electron chi connectivity index (χ3n) is 4.09. The van der Waals surface area contributed by atoms with Crippen molar-refractivity contribution in [2.75, 3.05) is 0 Å². The van der Waals surface area contributed by atoms with Gasteiger partial charge in [-0.15, -0.1) is 0 Å². The van der Waals surface area contributed by atoms with E-state index in [2.05, 4.69) is 34.6 Å². The van der Waals surface area contributed by atoms with Crippen LogP contribution in [0, 0.1) is 22.5 Å². The third-order valence-corrected chi connectivity index (χ3v) is 4.09. The minimum atomic E-state index is -0.208. The first-order chi connectivity index (χ1) is 11.0. The summed E-state index contributed by atoms with van der Waals surface area (Å²) >= 11 is 0. The summed E-state index contributed by atoms with van der Waals surface area (Å²) in [6.07, 6.45) is 2.25. The van der Waals surface area contributed by atoms with Gasteiger partial charge in [-0.1, -0.05) is 58.9 Å². The van der Waals surface area contributed by atoms with E-state index in [0.29, 0.717) is 0 Å². The van der Waals surface area contributed by atoms with Crippen LogP contribution in [-0.4, -0.2) is 0 Å². The second-order valence-corrected chi connectivity index (χ2v) is 8.81. The summed E-state index contributed by atoms with van der Waals surface area (Å²) in [5.74, 6) is -0.329. The summed E-state index contributed by atoms with van der Waals surface area (Å²) in [5.41, 5.74) is 2.75. The summed E-state index contributed by atoms with van der Waals surface area (Å²) in [7, 11) is 0. The van der Waals surface area contributed by atoms with Gasteiger partial charge in [0.05, 0.1) is 0 Å². The number of halogens is 2. The number of hydrogen-bond acceptors (Lipinski definition) is 0. The third kappa shape index (κ3) is 5.74. The van der Waals surface area contributed by atoms with Crippen LogP contribution in [0.5, 0.6) is 0 Å². The van der Waals surface area contributed by atoms with Crippen molar-refractivity contribution in [2.24, 2.45) is 10.8 Å². The Balaban J connectivity index is 2.10. The van der Waals surface area contributed by atoms with E-state index in [4.69, 9.17) is 0 Å². The Morgan fingerprint density at radius 2 is 1.38 bits per heavy atom. The molecule has 0 aliphatic rings. The molecule has 2 aromatic rings. The van der Waals surface area contributed by atoms with E-state index in [1.807, 2.05) is 18.2 Å². The minimum absolute atomic E-state index is 0.0637. The lowest BCUT2D eigenvalue weighted by Crippen LogP contribution is -2.19. The predicted molar refractivity (Wildman–Crippen MR) is 97.1 cm³/mol. The highest BCUT2D eigenvalue weighted by Crippen LogP contribution is 2.29. The molecular formula is C22H28F2. The molecule has 0 fully saturated rings. The molecule has 130 valence electrons. The van der Waals surface area contributed by atoms with Crippen LogP contribution in [0.3, 0.4) is 0 Å². The SMILES string of the molecule is CC(C)(C)Cc1ccc(CC(C)(C)Cc2cccc(F)c2)cc1F. The number of hydrogen-bond donors (Lipinski definition) is 0. The maximum Gasteiger partial charge on any atom is 0.126 e. The quantitative estimate of drug-likeness (QED) is 0.598. The molecule has 0 heterocycles. The molecule has 0 aliphatic carbocycles. The van der Waals surface area contributed by atoms with Crippen LogP contribution in [0.2, 0.25) is 0 Å². The zero-order valence-corrected chi connectivity index (χ0v) is 15.4. The van der Waals surface area contributed by atoms with Crippen molar-refractivity contribution in [2.45, 2.75) is 53.9 Å². The highest BCUT2D eigenvalue weighted by molar-refractivity contribution is 5.27. The van der Waals surface area contributed by atoms with Crippen molar-refractivity contribution in [1.82, 2.24) is 0 Å². The summed E-state index contributed by atoms with van der Waals surface area (Å²) in [5, 5.41) is 0. The Morgan fingerprint density at radius 1 is 0.750 bits per heavy atom. The summed E-state index contributed by atoms with van der Waals surface area (Å²) in [6, 6.07) is 12.3. The van der Waals surface area contributed by atoms with Crippen molar-refractivity contribution in [3.8, 4) is 0 Å². The van der Waals surface area contributed by atoms with E-state index in [1.165, 1.54) is 6.07 Å².